The Morgan fingerprint density at radius 1 is 1.03 bits per heavy atom. The summed E-state index contributed by atoms with van der Waals surface area (Å²) >= 11 is 1.52. The molecule has 2 aliphatic carbocycles. The average Bonchev–Trinajstić information content (AvgIpc) is 3.15. The molecule has 5 rings (SSSR count). The van der Waals surface area contributed by atoms with Crippen molar-refractivity contribution in [3.05, 3.63) is 58.6 Å². The monoisotopic (exact) mass is 460 g/mol. The van der Waals surface area contributed by atoms with Crippen LogP contribution in [0.25, 0.3) is 11.1 Å². The van der Waals surface area contributed by atoms with E-state index in [0.717, 1.165) is 72.5 Å². The maximum atomic E-state index is 13.0. The number of anilines is 2. The summed E-state index contributed by atoms with van der Waals surface area (Å²) in [6.07, 6.45) is 0.770. The first-order valence-electron chi connectivity index (χ1n) is 10.8. The van der Waals surface area contributed by atoms with E-state index >= 15 is 0 Å². The van der Waals surface area contributed by atoms with E-state index < -0.39 is 17.8 Å². The minimum absolute atomic E-state index is 0.0949. The fourth-order valence-electron chi connectivity index (χ4n) is 4.05. The largest absolute Gasteiger partial charge is 0.488 e. The van der Waals surface area contributed by atoms with Crippen molar-refractivity contribution in [1.29, 1.82) is 0 Å². The summed E-state index contributed by atoms with van der Waals surface area (Å²) in [5.41, 5.74) is 2.17. The standard InChI is InChI=1S/C24H23F3N2O2S/c25-24(26,27)15-12-10-14(11-13-15)17-6-2-7-18(22(17)31-16-4-1-5-16)28-23-29-21-19(30)8-3-9-20(21)32-23/h2,6-7,10-13,16,19,30H,1,3-5,8-9H2,(H,28,29). The van der Waals surface area contributed by atoms with Crippen LogP contribution >= 0.6 is 11.3 Å². The molecule has 2 aromatic carbocycles. The molecule has 1 fully saturated rings. The third kappa shape index (κ3) is 4.21. The minimum atomic E-state index is -4.37. The number of thiazole rings is 1. The van der Waals surface area contributed by atoms with Crippen molar-refractivity contribution in [3.8, 4) is 16.9 Å². The Morgan fingerprint density at radius 2 is 1.81 bits per heavy atom. The third-order valence-corrected chi connectivity index (χ3v) is 7.09. The number of fused-ring (bicyclic) bond motifs is 1. The number of rotatable bonds is 5. The van der Waals surface area contributed by atoms with E-state index in [1.807, 2.05) is 18.2 Å². The SMILES string of the molecule is OC1CCCc2sc(Nc3cccc(-c4ccc(C(F)(F)F)cc4)c3OC3CCC3)nc21. The number of hydrogen-bond acceptors (Lipinski definition) is 5. The van der Waals surface area contributed by atoms with E-state index in [-0.39, 0.29) is 6.10 Å². The lowest BCUT2D eigenvalue weighted by atomic mass is 9.95. The number of aliphatic hydroxyl groups excluding tert-OH is 1. The van der Waals surface area contributed by atoms with Gasteiger partial charge in [0.2, 0.25) is 0 Å². The van der Waals surface area contributed by atoms with E-state index in [0.29, 0.717) is 16.4 Å². The summed E-state index contributed by atoms with van der Waals surface area (Å²) in [6.45, 7) is 0. The molecule has 0 radical (unpaired) electrons. The van der Waals surface area contributed by atoms with Crippen LogP contribution in [-0.2, 0) is 12.6 Å². The number of halogens is 3. The van der Waals surface area contributed by atoms with Gasteiger partial charge < -0.3 is 15.2 Å². The molecule has 1 unspecified atom stereocenters. The summed E-state index contributed by atoms with van der Waals surface area (Å²) in [4.78, 5) is 5.69. The molecule has 2 N–H and O–H groups in total. The summed E-state index contributed by atoms with van der Waals surface area (Å²) in [7, 11) is 0. The molecule has 0 bridgehead atoms. The molecule has 4 nitrogen and oxygen atoms in total. The normalized spacial score (nSPS) is 18.7. The molecule has 1 heterocycles. The Labute approximate surface area is 188 Å². The number of benzene rings is 2. The molecular formula is C24H23F3N2O2S. The molecular weight excluding hydrogens is 437 g/mol. The third-order valence-electron chi connectivity index (χ3n) is 6.04. The summed E-state index contributed by atoms with van der Waals surface area (Å²) < 4.78 is 45.3. The molecule has 3 aromatic rings. The Bertz CT molecular complexity index is 1110. The van der Waals surface area contributed by atoms with Crippen LogP contribution in [0.2, 0.25) is 0 Å². The number of para-hydroxylation sites is 1. The maximum Gasteiger partial charge on any atom is 0.416 e. The minimum Gasteiger partial charge on any atom is -0.488 e. The first-order valence-corrected chi connectivity index (χ1v) is 11.6. The second kappa shape index (κ2) is 8.41. The zero-order chi connectivity index (χ0) is 22.3. The van der Waals surface area contributed by atoms with Gasteiger partial charge in [0.15, 0.2) is 10.9 Å². The van der Waals surface area contributed by atoms with E-state index in [1.165, 1.54) is 23.5 Å². The van der Waals surface area contributed by atoms with Crippen LogP contribution in [0.3, 0.4) is 0 Å². The fraction of sp³-hybridized carbons (Fsp3) is 0.375. The number of alkyl halides is 3. The second-order valence-electron chi connectivity index (χ2n) is 8.29. The van der Waals surface area contributed by atoms with E-state index in [9.17, 15) is 18.3 Å². The highest BCUT2D eigenvalue weighted by Crippen LogP contribution is 2.43. The van der Waals surface area contributed by atoms with Gasteiger partial charge in [0, 0.05) is 10.4 Å². The first-order chi connectivity index (χ1) is 15.4. The highest BCUT2D eigenvalue weighted by Gasteiger charge is 2.30. The number of aryl methyl sites for hydroxylation is 1. The smallest absolute Gasteiger partial charge is 0.416 e. The van der Waals surface area contributed by atoms with Gasteiger partial charge >= 0.3 is 6.18 Å². The summed E-state index contributed by atoms with van der Waals surface area (Å²) in [5, 5.41) is 14.3. The highest BCUT2D eigenvalue weighted by molar-refractivity contribution is 7.15. The molecule has 1 saturated carbocycles. The Hall–Kier alpha value is -2.58. The van der Waals surface area contributed by atoms with Gasteiger partial charge in [-0.05, 0) is 62.3 Å². The van der Waals surface area contributed by atoms with Gasteiger partial charge in [0.1, 0.15) is 0 Å². The maximum absolute atomic E-state index is 13.0. The molecule has 168 valence electrons. The van der Waals surface area contributed by atoms with E-state index in [2.05, 4.69) is 10.3 Å². The zero-order valence-corrected chi connectivity index (χ0v) is 18.1. The van der Waals surface area contributed by atoms with E-state index in [1.54, 1.807) is 0 Å². The van der Waals surface area contributed by atoms with Crippen LogP contribution < -0.4 is 10.1 Å². The molecule has 2 aliphatic rings. The molecule has 1 aromatic heterocycles. The van der Waals surface area contributed by atoms with E-state index in [4.69, 9.17) is 4.74 Å². The Kier molecular flexibility index (Phi) is 5.59. The molecule has 0 amide bonds. The van der Waals surface area contributed by atoms with Crippen LogP contribution in [0.1, 0.15) is 54.3 Å². The molecule has 8 heteroatoms. The predicted molar refractivity (Wildman–Crippen MR) is 118 cm³/mol. The summed E-state index contributed by atoms with van der Waals surface area (Å²) in [6, 6.07) is 10.8. The number of ether oxygens (including phenoxy) is 1. The number of hydrogen-bond donors (Lipinski definition) is 2. The topological polar surface area (TPSA) is 54.4 Å². The van der Waals surface area contributed by atoms with Gasteiger partial charge in [-0.25, -0.2) is 4.98 Å². The summed E-state index contributed by atoms with van der Waals surface area (Å²) in [5.74, 6) is 0.616. The predicted octanol–water partition coefficient (Wildman–Crippen LogP) is 6.87. The number of nitrogens with zero attached hydrogens (tertiary/aromatic N) is 1. The average molecular weight is 461 g/mol. The number of aromatic nitrogens is 1. The van der Waals surface area contributed by atoms with Crippen LogP contribution in [-0.4, -0.2) is 16.2 Å². The van der Waals surface area contributed by atoms with Crippen molar-refractivity contribution in [1.82, 2.24) is 4.98 Å². The van der Waals surface area contributed by atoms with Crippen LogP contribution in [0.5, 0.6) is 5.75 Å². The van der Waals surface area contributed by atoms with Crippen LogP contribution in [0, 0.1) is 0 Å². The lowest BCUT2D eigenvalue weighted by Gasteiger charge is -2.29. The second-order valence-corrected chi connectivity index (χ2v) is 9.37. The van der Waals surface area contributed by atoms with Crippen molar-refractivity contribution in [2.24, 2.45) is 0 Å². The van der Waals surface area contributed by atoms with Crippen molar-refractivity contribution in [2.75, 3.05) is 5.32 Å². The number of nitrogens with one attached hydrogen (secondary N) is 1. The van der Waals surface area contributed by atoms with Crippen molar-refractivity contribution in [2.45, 2.75) is 56.9 Å². The molecule has 0 aliphatic heterocycles. The van der Waals surface area contributed by atoms with Gasteiger partial charge in [0.25, 0.3) is 0 Å². The van der Waals surface area contributed by atoms with Gasteiger partial charge in [-0.2, -0.15) is 13.2 Å². The van der Waals surface area contributed by atoms with Crippen molar-refractivity contribution < 1.29 is 23.0 Å². The zero-order valence-electron chi connectivity index (χ0n) is 17.3. The van der Waals surface area contributed by atoms with Gasteiger partial charge in [-0.1, -0.05) is 24.3 Å². The van der Waals surface area contributed by atoms with Crippen molar-refractivity contribution >= 4 is 22.2 Å². The molecule has 1 atom stereocenters. The lowest BCUT2D eigenvalue weighted by Crippen LogP contribution is -2.25. The lowest BCUT2D eigenvalue weighted by molar-refractivity contribution is -0.137. The quantitative estimate of drug-likeness (QED) is 0.436. The highest BCUT2D eigenvalue weighted by atomic mass is 32.1. The van der Waals surface area contributed by atoms with Gasteiger partial charge in [-0.15, -0.1) is 11.3 Å². The van der Waals surface area contributed by atoms with Gasteiger partial charge in [0.05, 0.1) is 29.2 Å². The molecule has 0 saturated heterocycles. The van der Waals surface area contributed by atoms with Crippen molar-refractivity contribution in [3.63, 3.8) is 0 Å². The Morgan fingerprint density at radius 3 is 2.47 bits per heavy atom. The number of aliphatic hydroxyl groups is 1. The molecule has 0 spiro atoms. The first kappa shape index (κ1) is 21.3. The van der Waals surface area contributed by atoms with Crippen LogP contribution in [0.15, 0.2) is 42.5 Å². The molecule has 32 heavy (non-hydrogen) atoms. The van der Waals surface area contributed by atoms with Crippen LogP contribution in [0.4, 0.5) is 24.0 Å². The van der Waals surface area contributed by atoms with Gasteiger partial charge in [-0.3, -0.25) is 0 Å². The fourth-order valence-corrected chi connectivity index (χ4v) is 5.12. The Balaban J connectivity index is 1.50.